The molecule has 2 aromatic carbocycles. The average Bonchev–Trinajstić information content (AvgIpc) is 2.71. The normalized spacial score (nSPS) is 11.3. The van der Waals surface area contributed by atoms with E-state index in [0.717, 1.165) is 11.6 Å². The minimum absolute atomic E-state index is 0. The monoisotopic (exact) mass is 441 g/mol. The van der Waals surface area contributed by atoms with Gasteiger partial charge in [0, 0.05) is 18.7 Å². The minimum atomic E-state index is -1.46. The van der Waals surface area contributed by atoms with Gasteiger partial charge in [0.2, 0.25) is 0 Å². The summed E-state index contributed by atoms with van der Waals surface area (Å²) in [6.45, 7) is 3.97. The van der Waals surface area contributed by atoms with Gasteiger partial charge in [-0.3, -0.25) is 10.2 Å². The quantitative estimate of drug-likeness (QED) is 0.385. The number of carbonyl (C=O) groups excluding carboxylic acids is 1. The maximum absolute atomic E-state index is 14.8. The lowest BCUT2D eigenvalue weighted by Crippen LogP contribution is -2.31. The second-order valence-electron chi connectivity index (χ2n) is 6.29. The van der Waals surface area contributed by atoms with Crippen LogP contribution in [0.1, 0.15) is 43.1 Å². The lowest BCUT2D eigenvalue weighted by molar-refractivity contribution is -0.133. The Balaban J connectivity index is 0.00000450. The van der Waals surface area contributed by atoms with E-state index in [9.17, 15) is 13.6 Å². The van der Waals surface area contributed by atoms with Gasteiger partial charge in [0.15, 0.2) is 17.7 Å². The molecular formula is C21H26ClF2N3O3. The summed E-state index contributed by atoms with van der Waals surface area (Å²) < 4.78 is 39.8. The maximum Gasteiger partial charge on any atom is 0.254 e. The zero-order valence-corrected chi connectivity index (χ0v) is 17.7. The zero-order valence-electron chi connectivity index (χ0n) is 16.8. The highest BCUT2D eigenvalue weighted by Crippen LogP contribution is 2.30. The van der Waals surface area contributed by atoms with E-state index in [1.54, 1.807) is 31.2 Å². The van der Waals surface area contributed by atoms with Gasteiger partial charge in [-0.25, -0.2) is 8.78 Å². The zero-order chi connectivity index (χ0) is 21.4. The Bertz CT molecular complexity index is 863. The molecule has 0 aliphatic heterocycles. The summed E-state index contributed by atoms with van der Waals surface area (Å²) in [5.74, 6) is -2.69. The number of halogens is 3. The first-order valence-corrected chi connectivity index (χ1v) is 9.32. The van der Waals surface area contributed by atoms with Crippen LogP contribution in [-0.4, -0.2) is 25.0 Å². The van der Waals surface area contributed by atoms with Crippen LogP contribution in [0, 0.1) is 17.0 Å². The Morgan fingerprint density at radius 2 is 1.83 bits per heavy atom. The van der Waals surface area contributed by atoms with Crippen LogP contribution in [0.3, 0.4) is 0 Å². The second kappa shape index (κ2) is 12.1. The van der Waals surface area contributed by atoms with E-state index in [2.05, 4.69) is 5.32 Å². The van der Waals surface area contributed by atoms with Crippen molar-refractivity contribution in [3.8, 4) is 5.75 Å². The number of rotatable bonds is 10. The van der Waals surface area contributed by atoms with Crippen LogP contribution in [0.5, 0.6) is 5.75 Å². The number of amidine groups is 1. The number of hydrogen-bond acceptors (Lipinski definition) is 4. The maximum atomic E-state index is 14.8. The fourth-order valence-corrected chi connectivity index (χ4v) is 2.65. The lowest BCUT2D eigenvalue weighted by atomic mass is 10.1. The molecule has 0 radical (unpaired) electrons. The Morgan fingerprint density at radius 1 is 1.17 bits per heavy atom. The average molecular weight is 442 g/mol. The fraction of sp³-hybridized carbons (Fsp3) is 0.333. The molecule has 2 aromatic rings. The van der Waals surface area contributed by atoms with Crippen LogP contribution in [0.15, 0.2) is 36.4 Å². The van der Waals surface area contributed by atoms with E-state index < -0.39 is 29.2 Å². The molecule has 1 amide bonds. The molecule has 1 unspecified atom stereocenters. The first-order chi connectivity index (χ1) is 13.9. The van der Waals surface area contributed by atoms with Gasteiger partial charge in [0.25, 0.3) is 5.91 Å². The second-order valence-corrected chi connectivity index (χ2v) is 6.29. The first kappa shape index (κ1) is 25.3. The molecule has 0 saturated heterocycles. The summed E-state index contributed by atoms with van der Waals surface area (Å²) in [7, 11) is 0. The van der Waals surface area contributed by atoms with Crippen molar-refractivity contribution in [1.82, 2.24) is 5.32 Å². The molecule has 9 heteroatoms. The number of ether oxygens (including phenoxy) is 2. The number of nitrogens with two attached hydrogens (primary N) is 1. The molecule has 30 heavy (non-hydrogen) atoms. The number of nitrogens with one attached hydrogen (secondary N) is 2. The van der Waals surface area contributed by atoms with Gasteiger partial charge in [-0.1, -0.05) is 31.2 Å². The predicted octanol–water partition coefficient (Wildman–Crippen LogP) is 3.85. The summed E-state index contributed by atoms with van der Waals surface area (Å²) in [6, 6.07) is 8.96. The molecule has 6 nitrogen and oxygen atoms in total. The summed E-state index contributed by atoms with van der Waals surface area (Å²) in [5, 5.41) is 10.0. The van der Waals surface area contributed by atoms with Crippen LogP contribution >= 0.6 is 12.4 Å². The van der Waals surface area contributed by atoms with Gasteiger partial charge >= 0.3 is 0 Å². The van der Waals surface area contributed by atoms with Gasteiger partial charge < -0.3 is 20.5 Å². The van der Waals surface area contributed by atoms with Gasteiger partial charge in [0.05, 0.1) is 12.2 Å². The van der Waals surface area contributed by atoms with Crippen LogP contribution in [-0.2, 0) is 16.1 Å². The smallest absolute Gasteiger partial charge is 0.254 e. The van der Waals surface area contributed by atoms with Crippen molar-refractivity contribution in [2.75, 3.05) is 13.2 Å². The van der Waals surface area contributed by atoms with E-state index >= 15 is 0 Å². The van der Waals surface area contributed by atoms with Crippen LogP contribution < -0.4 is 15.8 Å². The summed E-state index contributed by atoms with van der Waals surface area (Å²) in [6.07, 6.45) is -0.800. The highest BCUT2D eigenvalue weighted by molar-refractivity contribution is 5.94. The Hall–Kier alpha value is -2.71. The number of benzene rings is 2. The van der Waals surface area contributed by atoms with Crippen molar-refractivity contribution in [3.05, 3.63) is 64.7 Å². The Morgan fingerprint density at radius 3 is 2.40 bits per heavy atom. The van der Waals surface area contributed by atoms with Crippen LogP contribution in [0.4, 0.5) is 8.78 Å². The van der Waals surface area contributed by atoms with Gasteiger partial charge in [-0.15, -0.1) is 12.4 Å². The van der Waals surface area contributed by atoms with Crippen molar-refractivity contribution in [1.29, 1.82) is 5.41 Å². The third-order valence-corrected chi connectivity index (χ3v) is 4.12. The van der Waals surface area contributed by atoms with Crippen molar-refractivity contribution in [2.45, 2.75) is 32.9 Å². The predicted molar refractivity (Wildman–Crippen MR) is 113 cm³/mol. The molecule has 0 aliphatic carbocycles. The topological polar surface area (TPSA) is 97.4 Å². The molecule has 2 rings (SSSR count). The Labute approximate surface area is 180 Å². The van der Waals surface area contributed by atoms with E-state index in [4.69, 9.17) is 20.6 Å². The molecule has 0 bridgehead atoms. The molecule has 0 saturated carbocycles. The summed E-state index contributed by atoms with van der Waals surface area (Å²) >= 11 is 0. The molecular weight excluding hydrogens is 416 g/mol. The highest BCUT2D eigenvalue weighted by Gasteiger charge is 2.29. The number of nitrogen functional groups attached to an aromatic ring is 1. The van der Waals surface area contributed by atoms with Crippen molar-refractivity contribution >= 4 is 24.1 Å². The van der Waals surface area contributed by atoms with Crippen LogP contribution in [0.2, 0.25) is 0 Å². The number of hydrogen-bond donors (Lipinski definition) is 3. The van der Waals surface area contributed by atoms with Crippen molar-refractivity contribution < 1.29 is 23.0 Å². The van der Waals surface area contributed by atoms with Crippen molar-refractivity contribution in [2.24, 2.45) is 5.73 Å². The number of amides is 1. The van der Waals surface area contributed by atoms with E-state index in [-0.39, 0.29) is 43.8 Å². The summed E-state index contributed by atoms with van der Waals surface area (Å²) in [4.78, 5) is 12.6. The standard InChI is InChI=1S/C21H25F2N3O3.ClH/c1-3-11-29-16-10-9-15(22)17(18(16)23)19(28-4-2)21(27)26-12-13-5-7-14(8-6-13)20(24)25;/h5-10,19H,3-4,11-12H2,1-2H3,(H3,24,25)(H,26,27);1H. The van der Waals surface area contributed by atoms with E-state index in [1.807, 2.05) is 6.92 Å². The van der Waals surface area contributed by atoms with Crippen molar-refractivity contribution in [3.63, 3.8) is 0 Å². The highest BCUT2D eigenvalue weighted by atomic mass is 35.5. The van der Waals surface area contributed by atoms with Gasteiger partial charge in [-0.2, -0.15) is 0 Å². The van der Waals surface area contributed by atoms with E-state index in [1.165, 1.54) is 6.07 Å². The largest absolute Gasteiger partial charge is 0.491 e. The minimum Gasteiger partial charge on any atom is -0.491 e. The third kappa shape index (κ3) is 6.40. The van der Waals surface area contributed by atoms with E-state index in [0.29, 0.717) is 12.0 Å². The first-order valence-electron chi connectivity index (χ1n) is 9.32. The van der Waals surface area contributed by atoms with Gasteiger partial charge in [0.1, 0.15) is 11.7 Å². The lowest BCUT2D eigenvalue weighted by Gasteiger charge is -2.20. The molecule has 1 atom stereocenters. The Kier molecular flexibility index (Phi) is 10.2. The fourth-order valence-electron chi connectivity index (χ4n) is 2.65. The van der Waals surface area contributed by atoms with Crippen LogP contribution in [0.25, 0.3) is 0 Å². The molecule has 0 heterocycles. The molecule has 0 aliphatic rings. The summed E-state index contributed by atoms with van der Waals surface area (Å²) in [5.41, 5.74) is 6.22. The SMILES string of the molecule is CCCOc1ccc(F)c(C(OCC)C(=O)NCc2ccc(C(=N)N)cc2)c1F.Cl. The molecule has 164 valence electrons. The molecule has 0 aromatic heterocycles. The molecule has 4 N–H and O–H groups in total. The third-order valence-electron chi connectivity index (χ3n) is 4.12. The van der Waals surface area contributed by atoms with Gasteiger partial charge in [-0.05, 0) is 31.0 Å². The molecule has 0 fully saturated rings. The number of carbonyl (C=O) groups is 1. The molecule has 0 spiro atoms.